The highest BCUT2D eigenvalue weighted by molar-refractivity contribution is 5.94. The van der Waals surface area contributed by atoms with Gasteiger partial charge < -0.3 is 25.4 Å². The molecule has 206 valence electrons. The zero-order valence-electron chi connectivity index (χ0n) is 22.9. The number of nitrogens with zero attached hydrogens (tertiary/aromatic N) is 2. The lowest BCUT2D eigenvalue weighted by molar-refractivity contribution is -0.123. The summed E-state index contributed by atoms with van der Waals surface area (Å²) in [5.74, 6) is 1.00. The van der Waals surface area contributed by atoms with Crippen molar-refractivity contribution < 1.29 is 19.1 Å². The van der Waals surface area contributed by atoms with E-state index < -0.39 is 6.09 Å². The summed E-state index contributed by atoms with van der Waals surface area (Å²) in [5, 5.41) is 3.50. The van der Waals surface area contributed by atoms with E-state index in [-0.39, 0.29) is 24.5 Å². The summed E-state index contributed by atoms with van der Waals surface area (Å²) < 4.78 is 11.1. The Hall–Kier alpha value is -3.10. The molecular formula is C30H42N4O4. The zero-order valence-corrected chi connectivity index (χ0v) is 22.9. The first-order chi connectivity index (χ1) is 18.3. The molecule has 1 atom stereocenters. The van der Waals surface area contributed by atoms with Gasteiger partial charge in [0.1, 0.15) is 5.75 Å². The number of carbonyl (C=O) groups excluding carboxylic acids is 2. The number of anilines is 1. The number of hydrogen-bond acceptors (Lipinski definition) is 6. The molecule has 1 heterocycles. The summed E-state index contributed by atoms with van der Waals surface area (Å²) in [6, 6.07) is 14.8. The van der Waals surface area contributed by atoms with E-state index in [1.54, 1.807) is 0 Å². The number of carbonyl (C=O) groups is 2. The molecule has 1 aliphatic carbocycles. The van der Waals surface area contributed by atoms with Gasteiger partial charge in [-0.2, -0.15) is 0 Å². The van der Waals surface area contributed by atoms with Crippen LogP contribution in [0.4, 0.5) is 10.5 Å². The Bertz CT molecular complexity index is 1100. The summed E-state index contributed by atoms with van der Waals surface area (Å²) in [7, 11) is 1.89. The van der Waals surface area contributed by atoms with Crippen molar-refractivity contribution in [1.29, 1.82) is 0 Å². The van der Waals surface area contributed by atoms with Crippen molar-refractivity contribution in [1.82, 2.24) is 10.2 Å². The first-order valence-corrected chi connectivity index (χ1v) is 13.8. The molecule has 4 rings (SSSR count). The van der Waals surface area contributed by atoms with E-state index in [9.17, 15) is 9.59 Å². The number of rotatable bonds is 9. The minimum Gasteiger partial charge on any atom is -0.490 e. The van der Waals surface area contributed by atoms with Crippen molar-refractivity contribution in [3.63, 3.8) is 0 Å². The number of benzene rings is 2. The Morgan fingerprint density at radius 2 is 1.92 bits per heavy atom. The maximum atomic E-state index is 13.3. The second-order valence-corrected chi connectivity index (χ2v) is 10.8. The molecule has 2 aromatic carbocycles. The highest BCUT2D eigenvalue weighted by Crippen LogP contribution is 2.31. The molecule has 38 heavy (non-hydrogen) atoms. The number of nitrogens with two attached hydrogens (primary N) is 1. The Kier molecular flexibility index (Phi) is 9.63. The molecule has 3 N–H and O–H groups in total. The van der Waals surface area contributed by atoms with Gasteiger partial charge in [-0.05, 0) is 80.5 Å². The van der Waals surface area contributed by atoms with Crippen molar-refractivity contribution in [2.24, 2.45) is 11.7 Å². The van der Waals surface area contributed by atoms with E-state index in [4.69, 9.17) is 15.2 Å². The quantitative estimate of drug-likeness (QED) is 0.516. The van der Waals surface area contributed by atoms with Crippen molar-refractivity contribution in [2.45, 2.75) is 64.6 Å². The second kappa shape index (κ2) is 13.1. The molecule has 2 fully saturated rings. The third-order valence-corrected chi connectivity index (χ3v) is 7.75. The van der Waals surface area contributed by atoms with Crippen LogP contribution in [0.3, 0.4) is 0 Å². The van der Waals surface area contributed by atoms with Crippen molar-refractivity contribution >= 4 is 17.7 Å². The van der Waals surface area contributed by atoms with Gasteiger partial charge in [-0.3, -0.25) is 9.69 Å². The standard InChI is InChI=1S/C30H42N4O4/c1-21-17-26(10-7-25(21)20-34-15-14-32-22(2)19-34)33(3)29(35)24-8-11-27(12-9-24)38-28-6-4-5-23(18-28)13-16-37-30(31)36/h4-7,10,17-18,22,24,27,32H,8-9,11-16,19-20H2,1-3H3,(H2,31,36)/t22-,24-,27-/m0/s1. The van der Waals surface area contributed by atoms with E-state index in [1.807, 2.05) is 36.2 Å². The van der Waals surface area contributed by atoms with Crippen LogP contribution in [-0.2, 0) is 22.5 Å². The third-order valence-electron chi connectivity index (χ3n) is 7.75. The average molecular weight is 523 g/mol. The molecule has 2 aromatic rings. The van der Waals surface area contributed by atoms with Gasteiger partial charge in [-0.1, -0.05) is 18.2 Å². The van der Waals surface area contributed by atoms with Gasteiger partial charge in [0.15, 0.2) is 0 Å². The highest BCUT2D eigenvalue weighted by Gasteiger charge is 2.30. The van der Waals surface area contributed by atoms with Gasteiger partial charge in [0.05, 0.1) is 12.7 Å². The zero-order chi connectivity index (χ0) is 27.1. The smallest absolute Gasteiger partial charge is 0.404 e. The topological polar surface area (TPSA) is 97.1 Å². The van der Waals surface area contributed by atoms with Gasteiger partial charge in [0.2, 0.25) is 5.91 Å². The van der Waals surface area contributed by atoms with Gasteiger partial charge in [0.25, 0.3) is 0 Å². The number of hydrogen-bond donors (Lipinski definition) is 2. The predicted octanol–water partition coefficient (Wildman–Crippen LogP) is 4.03. The predicted molar refractivity (Wildman–Crippen MR) is 149 cm³/mol. The molecule has 1 aliphatic heterocycles. The number of ether oxygens (including phenoxy) is 2. The Balaban J connectivity index is 1.26. The van der Waals surface area contributed by atoms with Crippen LogP contribution < -0.4 is 20.7 Å². The van der Waals surface area contributed by atoms with Gasteiger partial charge >= 0.3 is 6.09 Å². The van der Waals surface area contributed by atoms with E-state index in [2.05, 4.69) is 42.3 Å². The first kappa shape index (κ1) is 27.9. The summed E-state index contributed by atoms with van der Waals surface area (Å²) in [6.07, 6.45) is 3.25. The molecule has 0 unspecified atom stereocenters. The van der Waals surface area contributed by atoms with E-state index in [0.29, 0.717) is 12.5 Å². The van der Waals surface area contributed by atoms with Crippen LogP contribution in [0.1, 0.15) is 49.3 Å². The number of amides is 2. The minimum atomic E-state index is -0.762. The fourth-order valence-electron chi connectivity index (χ4n) is 5.53. The summed E-state index contributed by atoms with van der Waals surface area (Å²) in [5.41, 5.74) is 9.57. The summed E-state index contributed by atoms with van der Waals surface area (Å²) in [4.78, 5) is 28.4. The number of piperazine rings is 1. The lowest BCUT2D eigenvalue weighted by Crippen LogP contribution is -2.48. The van der Waals surface area contributed by atoms with Gasteiger partial charge in [0, 0.05) is 57.3 Å². The molecule has 2 aliphatic rings. The Morgan fingerprint density at radius 1 is 1.13 bits per heavy atom. The van der Waals surface area contributed by atoms with Crippen LogP contribution in [0.25, 0.3) is 0 Å². The molecule has 1 saturated heterocycles. The lowest BCUT2D eigenvalue weighted by atomic mass is 9.86. The number of nitrogens with one attached hydrogen (secondary N) is 1. The summed E-state index contributed by atoms with van der Waals surface area (Å²) >= 11 is 0. The first-order valence-electron chi connectivity index (χ1n) is 13.8. The highest BCUT2D eigenvalue weighted by atomic mass is 16.5. The second-order valence-electron chi connectivity index (χ2n) is 10.8. The van der Waals surface area contributed by atoms with Gasteiger partial charge in [-0.25, -0.2) is 4.79 Å². The molecule has 8 nitrogen and oxygen atoms in total. The average Bonchev–Trinajstić information content (AvgIpc) is 2.89. The molecule has 0 spiro atoms. The number of aryl methyl sites for hydroxylation is 1. The van der Waals surface area contributed by atoms with Crippen molar-refractivity contribution in [3.05, 3.63) is 59.2 Å². The lowest BCUT2D eigenvalue weighted by Gasteiger charge is -2.32. The molecular weight excluding hydrogens is 480 g/mol. The molecule has 8 heteroatoms. The fourth-order valence-corrected chi connectivity index (χ4v) is 5.53. The molecule has 2 amide bonds. The van der Waals surface area contributed by atoms with Crippen molar-refractivity contribution in [2.75, 3.05) is 38.2 Å². The van der Waals surface area contributed by atoms with E-state index >= 15 is 0 Å². The normalized spacial score (nSPS) is 22.0. The maximum absolute atomic E-state index is 13.3. The van der Waals surface area contributed by atoms with E-state index in [1.165, 1.54) is 11.1 Å². The summed E-state index contributed by atoms with van der Waals surface area (Å²) in [6.45, 7) is 8.72. The molecule has 0 bridgehead atoms. The monoisotopic (exact) mass is 522 g/mol. The van der Waals surface area contributed by atoms with Crippen LogP contribution in [0.5, 0.6) is 5.75 Å². The Labute approximate surface area is 226 Å². The number of primary amides is 1. The third kappa shape index (κ3) is 7.71. The van der Waals surface area contributed by atoms with Crippen LogP contribution in [0.15, 0.2) is 42.5 Å². The molecule has 1 saturated carbocycles. The van der Waals surface area contributed by atoms with Crippen LogP contribution in [0.2, 0.25) is 0 Å². The van der Waals surface area contributed by atoms with E-state index in [0.717, 1.165) is 68.9 Å². The SMILES string of the molecule is Cc1cc(N(C)C(=O)[C@H]2CC[C@H](Oc3cccc(CCOC(N)=O)c3)CC2)ccc1CN1CCN[C@@H](C)C1. The Morgan fingerprint density at radius 3 is 2.63 bits per heavy atom. The fraction of sp³-hybridized carbons (Fsp3) is 0.533. The largest absolute Gasteiger partial charge is 0.490 e. The maximum Gasteiger partial charge on any atom is 0.404 e. The van der Waals surface area contributed by atoms with Crippen LogP contribution in [0, 0.1) is 12.8 Å². The molecule has 0 radical (unpaired) electrons. The van der Waals surface area contributed by atoms with Crippen LogP contribution in [-0.4, -0.2) is 62.3 Å². The minimum absolute atomic E-state index is 0.0134. The van der Waals surface area contributed by atoms with Gasteiger partial charge in [-0.15, -0.1) is 0 Å². The molecule has 0 aromatic heterocycles. The van der Waals surface area contributed by atoms with Crippen molar-refractivity contribution in [3.8, 4) is 5.75 Å². The van der Waals surface area contributed by atoms with Crippen LogP contribution >= 0.6 is 0 Å².